The zero-order valence-electron chi connectivity index (χ0n) is 27.7. The molecule has 4 aromatic rings. The highest BCUT2D eigenvalue weighted by atomic mass is 16.5. The van der Waals surface area contributed by atoms with Gasteiger partial charge in [-0.15, -0.1) is 0 Å². The Morgan fingerprint density at radius 1 is 0.920 bits per heavy atom. The van der Waals surface area contributed by atoms with Crippen molar-refractivity contribution in [3.05, 3.63) is 107 Å². The molecule has 50 heavy (non-hydrogen) atoms. The Hall–Kier alpha value is -6.11. The van der Waals surface area contributed by atoms with Crippen molar-refractivity contribution in [1.29, 1.82) is 0 Å². The SMILES string of the molecule is COC(=O)c1nccc(Oc2ccc(C(C)(C)c3ccc(OCCCNc4ccc5c(c4)C(=O)N(C4CCC(=O)NC4=O)C5=O)cc3)cc2)n1. The lowest BCUT2D eigenvalue weighted by Gasteiger charge is -2.27. The van der Waals surface area contributed by atoms with Gasteiger partial charge in [-0.05, 0) is 66.4 Å². The maximum Gasteiger partial charge on any atom is 0.376 e. The van der Waals surface area contributed by atoms with Crippen LogP contribution in [0.3, 0.4) is 0 Å². The Labute approximate surface area is 288 Å². The Morgan fingerprint density at radius 2 is 1.60 bits per heavy atom. The number of carbonyl (C=O) groups excluding carboxylic acids is 5. The van der Waals surface area contributed by atoms with Crippen LogP contribution in [0.25, 0.3) is 0 Å². The van der Waals surface area contributed by atoms with Crippen LogP contribution in [-0.4, -0.2) is 70.8 Å². The molecule has 0 radical (unpaired) electrons. The van der Waals surface area contributed by atoms with Crippen molar-refractivity contribution in [3.8, 4) is 17.4 Å². The predicted molar refractivity (Wildman–Crippen MR) is 180 cm³/mol. The number of fused-ring (bicyclic) bond motifs is 1. The van der Waals surface area contributed by atoms with E-state index in [4.69, 9.17) is 9.47 Å². The fraction of sp³-hybridized carbons (Fsp3) is 0.270. The molecule has 13 nitrogen and oxygen atoms in total. The first-order chi connectivity index (χ1) is 24.0. The summed E-state index contributed by atoms with van der Waals surface area (Å²) >= 11 is 0. The molecule has 2 aliphatic rings. The highest BCUT2D eigenvalue weighted by molar-refractivity contribution is 6.23. The number of benzene rings is 3. The lowest BCUT2D eigenvalue weighted by Crippen LogP contribution is -2.54. The minimum Gasteiger partial charge on any atom is -0.494 e. The zero-order chi connectivity index (χ0) is 35.4. The van der Waals surface area contributed by atoms with Gasteiger partial charge in [-0.25, -0.2) is 9.78 Å². The Bertz CT molecular complexity index is 1960. The van der Waals surface area contributed by atoms with Gasteiger partial charge in [0.2, 0.25) is 23.5 Å². The Morgan fingerprint density at radius 3 is 2.28 bits per heavy atom. The molecular formula is C37H35N5O8. The van der Waals surface area contributed by atoms with E-state index in [1.807, 2.05) is 48.5 Å². The number of nitrogens with one attached hydrogen (secondary N) is 2. The number of rotatable bonds is 12. The van der Waals surface area contributed by atoms with E-state index >= 15 is 0 Å². The molecular weight excluding hydrogens is 642 g/mol. The monoisotopic (exact) mass is 677 g/mol. The first-order valence-electron chi connectivity index (χ1n) is 16.1. The summed E-state index contributed by atoms with van der Waals surface area (Å²) in [6.07, 6.45) is 2.29. The third-order valence-corrected chi connectivity index (χ3v) is 8.73. The largest absolute Gasteiger partial charge is 0.494 e. The number of anilines is 1. The second kappa shape index (κ2) is 14.2. The fourth-order valence-corrected chi connectivity index (χ4v) is 5.86. The summed E-state index contributed by atoms with van der Waals surface area (Å²) in [5.41, 5.74) is 2.99. The lowest BCUT2D eigenvalue weighted by molar-refractivity contribution is -0.136. The molecule has 0 aliphatic carbocycles. The van der Waals surface area contributed by atoms with Crippen molar-refractivity contribution in [2.45, 2.75) is 44.6 Å². The highest BCUT2D eigenvalue weighted by Crippen LogP contribution is 2.34. The Balaban J connectivity index is 0.979. The van der Waals surface area contributed by atoms with E-state index < -0.39 is 35.6 Å². The van der Waals surface area contributed by atoms with E-state index in [1.54, 1.807) is 24.3 Å². The zero-order valence-corrected chi connectivity index (χ0v) is 27.7. The second-order valence-corrected chi connectivity index (χ2v) is 12.3. The maximum absolute atomic E-state index is 13.1. The minimum atomic E-state index is -0.997. The van der Waals surface area contributed by atoms with Crippen LogP contribution in [0, 0.1) is 0 Å². The molecule has 1 unspecified atom stereocenters. The molecule has 1 atom stereocenters. The lowest BCUT2D eigenvalue weighted by atomic mass is 9.78. The van der Waals surface area contributed by atoms with Gasteiger partial charge in [0.25, 0.3) is 11.8 Å². The maximum atomic E-state index is 13.1. The molecule has 0 spiro atoms. The van der Waals surface area contributed by atoms with Gasteiger partial charge in [-0.2, -0.15) is 4.98 Å². The molecule has 2 aliphatic heterocycles. The third-order valence-electron chi connectivity index (χ3n) is 8.73. The number of esters is 1. The average molecular weight is 678 g/mol. The van der Waals surface area contributed by atoms with E-state index in [1.165, 1.54) is 13.3 Å². The number of imide groups is 2. The molecule has 0 saturated carbocycles. The quantitative estimate of drug-likeness (QED) is 0.122. The molecule has 1 aromatic heterocycles. The predicted octanol–water partition coefficient (Wildman–Crippen LogP) is 4.66. The van der Waals surface area contributed by atoms with E-state index in [2.05, 4.69) is 39.2 Å². The van der Waals surface area contributed by atoms with Crippen LogP contribution < -0.4 is 20.1 Å². The van der Waals surface area contributed by atoms with Gasteiger partial charge >= 0.3 is 5.97 Å². The highest BCUT2D eigenvalue weighted by Gasteiger charge is 2.44. The molecule has 0 bridgehead atoms. The summed E-state index contributed by atoms with van der Waals surface area (Å²) < 4.78 is 16.4. The minimum absolute atomic E-state index is 0.0718. The van der Waals surface area contributed by atoms with Crippen LogP contribution in [0.1, 0.15) is 75.6 Å². The number of amides is 4. The molecule has 256 valence electrons. The van der Waals surface area contributed by atoms with Crippen LogP contribution in [0.5, 0.6) is 17.4 Å². The van der Waals surface area contributed by atoms with Crippen molar-refractivity contribution < 1.29 is 38.2 Å². The summed E-state index contributed by atoms with van der Waals surface area (Å²) in [5, 5.41) is 5.46. The van der Waals surface area contributed by atoms with Crippen molar-refractivity contribution in [2.24, 2.45) is 0 Å². The summed E-state index contributed by atoms with van der Waals surface area (Å²) in [7, 11) is 1.26. The van der Waals surface area contributed by atoms with Crippen molar-refractivity contribution in [2.75, 3.05) is 25.6 Å². The van der Waals surface area contributed by atoms with Crippen LogP contribution in [-0.2, 0) is 19.7 Å². The molecule has 4 amide bonds. The molecule has 13 heteroatoms. The van der Waals surface area contributed by atoms with Crippen molar-refractivity contribution >= 4 is 35.3 Å². The molecule has 1 saturated heterocycles. The topological polar surface area (TPSA) is 166 Å². The van der Waals surface area contributed by atoms with Crippen molar-refractivity contribution in [3.63, 3.8) is 0 Å². The van der Waals surface area contributed by atoms with E-state index in [0.29, 0.717) is 31.0 Å². The fourth-order valence-electron chi connectivity index (χ4n) is 5.86. The van der Waals surface area contributed by atoms with Crippen molar-refractivity contribution in [1.82, 2.24) is 20.2 Å². The van der Waals surface area contributed by atoms with E-state index in [0.717, 1.165) is 21.8 Å². The number of carbonyl (C=O) groups is 5. The van der Waals surface area contributed by atoms with Crippen LogP contribution in [0.2, 0.25) is 0 Å². The van der Waals surface area contributed by atoms with Gasteiger partial charge in [0.05, 0.1) is 24.8 Å². The molecule has 6 rings (SSSR count). The number of nitrogens with zero attached hydrogens (tertiary/aromatic N) is 3. The van der Waals surface area contributed by atoms with Gasteiger partial charge in [0.1, 0.15) is 17.5 Å². The number of aromatic nitrogens is 2. The first kappa shape index (κ1) is 33.8. The molecule has 3 aromatic carbocycles. The Kier molecular flexibility index (Phi) is 9.57. The van der Waals surface area contributed by atoms with Gasteiger partial charge in [-0.3, -0.25) is 29.4 Å². The third kappa shape index (κ3) is 7.02. The molecule has 1 fully saturated rings. The summed E-state index contributed by atoms with van der Waals surface area (Å²) in [4.78, 5) is 70.4. The van der Waals surface area contributed by atoms with Gasteiger partial charge < -0.3 is 19.5 Å². The van der Waals surface area contributed by atoms with Crippen LogP contribution in [0.15, 0.2) is 79.0 Å². The molecule has 2 N–H and O–H groups in total. The number of hydrogen-bond donors (Lipinski definition) is 2. The van der Waals surface area contributed by atoms with Crippen LogP contribution in [0.4, 0.5) is 5.69 Å². The molecule has 3 heterocycles. The van der Waals surface area contributed by atoms with E-state index in [-0.39, 0.29) is 41.1 Å². The van der Waals surface area contributed by atoms with E-state index in [9.17, 15) is 24.0 Å². The number of hydrogen-bond acceptors (Lipinski definition) is 11. The summed E-state index contributed by atoms with van der Waals surface area (Å²) in [6, 6.07) is 21.1. The summed E-state index contributed by atoms with van der Waals surface area (Å²) in [6.45, 7) is 5.28. The number of ether oxygens (including phenoxy) is 3. The van der Waals surface area contributed by atoms with Gasteiger partial charge in [0.15, 0.2) is 0 Å². The standard InChI is InChI=1S/C37H35N5O8/c1-37(2,23-7-12-26(13-8-23)50-31-17-19-39-32(41-31)36(47)48-3)22-5-10-25(11-6-22)49-20-4-18-38-24-9-14-27-28(21-24)35(46)42(34(27)45)29-15-16-30(43)40-33(29)44/h5-14,17,19,21,29,38H,4,15-16,18,20H2,1-3H3,(H,40,43,44). The van der Waals surface area contributed by atoms with Gasteiger partial charge in [-0.1, -0.05) is 38.1 Å². The smallest absolute Gasteiger partial charge is 0.376 e. The summed E-state index contributed by atoms with van der Waals surface area (Å²) in [5.74, 6) is -1.31. The number of methoxy groups -OCH3 is 1. The first-order valence-corrected chi connectivity index (χ1v) is 16.1. The van der Waals surface area contributed by atoms with Crippen LogP contribution >= 0.6 is 0 Å². The normalized spacial score (nSPS) is 15.7. The second-order valence-electron chi connectivity index (χ2n) is 12.3. The average Bonchev–Trinajstić information content (AvgIpc) is 3.36. The van der Waals surface area contributed by atoms with Gasteiger partial charge in [0, 0.05) is 36.3 Å². The number of piperidine rings is 1.